The normalized spacial score (nSPS) is 23.4. The van der Waals surface area contributed by atoms with Crippen LogP contribution in [0.3, 0.4) is 0 Å². The molecule has 1 aliphatic carbocycles. The molecule has 25 heavy (non-hydrogen) atoms. The fourth-order valence-electron chi connectivity index (χ4n) is 4.02. The van der Waals surface area contributed by atoms with Gasteiger partial charge in [-0.1, -0.05) is 42.5 Å². The zero-order chi connectivity index (χ0) is 17.6. The molecule has 126 valence electrons. The maximum Gasteiger partial charge on any atom is 0.337 e. The lowest BCUT2D eigenvalue weighted by molar-refractivity contribution is -0.385. The van der Waals surface area contributed by atoms with E-state index in [1.54, 1.807) is 0 Å². The lowest BCUT2D eigenvalue weighted by atomic mass is 9.75. The van der Waals surface area contributed by atoms with Gasteiger partial charge in [0.1, 0.15) is 0 Å². The maximum absolute atomic E-state index is 11.7. The number of nitro benzene ring substituents is 1. The Balaban J connectivity index is 1.93. The van der Waals surface area contributed by atoms with Crippen LogP contribution in [0.2, 0.25) is 0 Å². The molecule has 0 radical (unpaired) electrons. The summed E-state index contributed by atoms with van der Waals surface area (Å²) in [5.74, 6) is -1.13. The Hall–Kier alpha value is -3.15. The van der Waals surface area contributed by atoms with Crippen molar-refractivity contribution in [2.24, 2.45) is 5.92 Å². The van der Waals surface area contributed by atoms with Crippen molar-refractivity contribution in [1.82, 2.24) is 0 Å². The predicted molar refractivity (Wildman–Crippen MR) is 92.8 cm³/mol. The highest BCUT2D eigenvalue weighted by atomic mass is 16.6. The molecule has 0 bridgehead atoms. The molecule has 0 aromatic heterocycles. The minimum absolute atomic E-state index is 0.0273. The van der Waals surface area contributed by atoms with Crippen LogP contribution in [0.25, 0.3) is 0 Å². The van der Waals surface area contributed by atoms with E-state index in [9.17, 15) is 20.0 Å². The molecule has 2 N–H and O–H groups in total. The van der Waals surface area contributed by atoms with E-state index in [4.69, 9.17) is 0 Å². The molecule has 6 heteroatoms. The molecule has 6 nitrogen and oxygen atoms in total. The van der Waals surface area contributed by atoms with Gasteiger partial charge < -0.3 is 10.4 Å². The smallest absolute Gasteiger partial charge is 0.337 e. The number of hydrogen-bond donors (Lipinski definition) is 2. The summed E-state index contributed by atoms with van der Waals surface area (Å²) < 4.78 is 0. The average Bonchev–Trinajstić information content (AvgIpc) is 3.10. The second-order valence-electron chi connectivity index (χ2n) is 6.37. The molecule has 0 saturated carbocycles. The van der Waals surface area contributed by atoms with Crippen LogP contribution in [0.4, 0.5) is 11.4 Å². The summed E-state index contributed by atoms with van der Waals surface area (Å²) >= 11 is 0. The molecular formula is C19H16N2O4. The summed E-state index contributed by atoms with van der Waals surface area (Å²) in [5, 5.41) is 24.3. The van der Waals surface area contributed by atoms with Gasteiger partial charge >= 0.3 is 5.97 Å². The van der Waals surface area contributed by atoms with E-state index >= 15 is 0 Å². The SMILES string of the molecule is O=C(O)c1ccc([N+](=O)[O-])c2c1N[C@@H](c1ccccc1)[C@@H]1CC=C[C@H]21. The number of nitrogens with one attached hydrogen (secondary N) is 1. The zero-order valence-electron chi connectivity index (χ0n) is 13.3. The van der Waals surface area contributed by atoms with Crippen LogP contribution in [-0.2, 0) is 0 Å². The van der Waals surface area contributed by atoms with Gasteiger partial charge in [0.15, 0.2) is 0 Å². The summed E-state index contributed by atoms with van der Waals surface area (Å²) in [6.45, 7) is 0. The zero-order valence-corrected chi connectivity index (χ0v) is 13.3. The van der Waals surface area contributed by atoms with Gasteiger partial charge in [-0.05, 0) is 24.0 Å². The number of fused-ring (bicyclic) bond motifs is 3. The van der Waals surface area contributed by atoms with E-state index in [0.717, 1.165) is 12.0 Å². The highest BCUT2D eigenvalue weighted by molar-refractivity contribution is 5.97. The summed E-state index contributed by atoms with van der Waals surface area (Å²) in [7, 11) is 0. The Morgan fingerprint density at radius 3 is 2.64 bits per heavy atom. The van der Waals surface area contributed by atoms with E-state index in [2.05, 4.69) is 5.32 Å². The molecule has 0 fully saturated rings. The first-order valence-corrected chi connectivity index (χ1v) is 8.10. The Kier molecular flexibility index (Phi) is 3.53. The standard InChI is InChI=1S/C19H16N2O4/c22-19(23)14-9-10-15(21(24)25)16-12-7-4-8-13(12)17(20-18(14)16)11-5-2-1-3-6-11/h1-7,9-10,12-13,17,20H,8H2,(H,22,23)/t12-,13+,17-/m0/s1. The van der Waals surface area contributed by atoms with E-state index in [1.807, 2.05) is 42.5 Å². The van der Waals surface area contributed by atoms with Crippen molar-refractivity contribution in [2.75, 3.05) is 5.32 Å². The Bertz CT molecular complexity index is 892. The third kappa shape index (κ3) is 2.38. The number of aromatic carboxylic acids is 1. The molecule has 0 unspecified atom stereocenters. The van der Waals surface area contributed by atoms with Crippen LogP contribution >= 0.6 is 0 Å². The van der Waals surface area contributed by atoms with Gasteiger partial charge in [0.25, 0.3) is 5.69 Å². The number of nitro groups is 1. The topological polar surface area (TPSA) is 92.5 Å². The highest BCUT2D eigenvalue weighted by Gasteiger charge is 2.43. The molecule has 3 atom stereocenters. The first-order valence-electron chi connectivity index (χ1n) is 8.10. The van der Waals surface area contributed by atoms with Crippen molar-refractivity contribution in [3.8, 4) is 0 Å². The van der Waals surface area contributed by atoms with E-state index in [-0.39, 0.29) is 29.1 Å². The van der Waals surface area contributed by atoms with E-state index in [0.29, 0.717) is 11.3 Å². The second kappa shape index (κ2) is 5.73. The largest absolute Gasteiger partial charge is 0.478 e. The molecule has 0 amide bonds. The van der Waals surface area contributed by atoms with Crippen LogP contribution in [0.15, 0.2) is 54.6 Å². The fraction of sp³-hybridized carbons (Fsp3) is 0.211. The minimum Gasteiger partial charge on any atom is -0.478 e. The molecule has 2 aromatic rings. The van der Waals surface area contributed by atoms with Crippen molar-refractivity contribution in [3.05, 3.63) is 81.4 Å². The van der Waals surface area contributed by atoms with Crippen LogP contribution < -0.4 is 5.32 Å². The van der Waals surface area contributed by atoms with Crippen molar-refractivity contribution >= 4 is 17.3 Å². The monoisotopic (exact) mass is 336 g/mol. The van der Waals surface area contributed by atoms with Gasteiger partial charge in [-0.15, -0.1) is 0 Å². The van der Waals surface area contributed by atoms with Gasteiger partial charge in [0, 0.05) is 12.0 Å². The Labute approximate surface area is 144 Å². The van der Waals surface area contributed by atoms with Crippen molar-refractivity contribution < 1.29 is 14.8 Å². The van der Waals surface area contributed by atoms with Gasteiger partial charge in [-0.2, -0.15) is 0 Å². The number of carboxylic acid groups (broad SMARTS) is 1. The molecule has 2 aliphatic rings. The van der Waals surface area contributed by atoms with Crippen LogP contribution in [0.5, 0.6) is 0 Å². The number of rotatable bonds is 3. The van der Waals surface area contributed by atoms with Crippen LogP contribution in [0.1, 0.15) is 39.9 Å². The second-order valence-corrected chi connectivity index (χ2v) is 6.37. The summed E-state index contributed by atoms with van der Waals surface area (Å²) in [6.07, 6.45) is 4.79. The third-order valence-corrected chi connectivity index (χ3v) is 5.08. The van der Waals surface area contributed by atoms with E-state index in [1.165, 1.54) is 12.1 Å². The molecule has 0 spiro atoms. The number of hydrogen-bond acceptors (Lipinski definition) is 4. The van der Waals surface area contributed by atoms with Crippen LogP contribution in [-0.4, -0.2) is 16.0 Å². The number of carbonyl (C=O) groups is 1. The quantitative estimate of drug-likeness (QED) is 0.500. The third-order valence-electron chi connectivity index (χ3n) is 5.08. The predicted octanol–water partition coefficient (Wildman–Crippen LogP) is 4.12. The first-order chi connectivity index (χ1) is 12.1. The number of benzene rings is 2. The van der Waals surface area contributed by atoms with Gasteiger partial charge in [-0.25, -0.2) is 4.79 Å². The molecule has 1 heterocycles. The van der Waals surface area contributed by atoms with Gasteiger partial charge in [0.2, 0.25) is 0 Å². The molecular weight excluding hydrogens is 320 g/mol. The summed E-state index contributed by atoms with van der Waals surface area (Å²) in [4.78, 5) is 22.7. The van der Waals surface area contributed by atoms with E-state index < -0.39 is 10.9 Å². The Morgan fingerprint density at radius 1 is 1.20 bits per heavy atom. The maximum atomic E-state index is 11.7. The molecule has 1 aliphatic heterocycles. The number of carboxylic acids is 1. The van der Waals surface area contributed by atoms with Crippen LogP contribution in [0, 0.1) is 16.0 Å². The Morgan fingerprint density at radius 2 is 1.96 bits per heavy atom. The minimum atomic E-state index is -1.09. The lowest BCUT2D eigenvalue weighted by Gasteiger charge is -2.37. The number of anilines is 1. The van der Waals surface area contributed by atoms with Gasteiger partial charge in [0.05, 0.1) is 27.8 Å². The first kappa shape index (κ1) is 15.4. The van der Waals surface area contributed by atoms with Crippen molar-refractivity contribution in [2.45, 2.75) is 18.4 Å². The van der Waals surface area contributed by atoms with Gasteiger partial charge in [-0.3, -0.25) is 10.1 Å². The number of allylic oxidation sites excluding steroid dienone is 2. The highest BCUT2D eigenvalue weighted by Crippen LogP contribution is 2.53. The molecule has 2 aromatic carbocycles. The summed E-state index contributed by atoms with van der Waals surface area (Å²) in [6, 6.07) is 12.3. The lowest BCUT2D eigenvalue weighted by Crippen LogP contribution is -2.30. The van der Waals surface area contributed by atoms with Crippen molar-refractivity contribution in [1.29, 1.82) is 0 Å². The number of nitrogens with zero attached hydrogens (tertiary/aromatic N) is 1. The molecule has 0 saturated heterocycles. The average molecular weight is 336 g/mol. The van der Waals surface area contributed by atoms with Crippen molar-refractivity contribution in [3.63, 3.8) is 0 Å². The molecule has 4 rings (SSSR count). The fourth-order valence-corrected chi connectivity index (χ4v) is 4.02. The summed E-state index contributed by atoms with van der Waals surface area (Å²) in [5.41, 5.74) is 1.94.